The van der Waals surface area contributed by atoms with Gasteiger partial charge in [0.1, 0.15) is 0 Å². The van der Waals surface area contributed by atoms with Gasteiger partial charge >= 0.3 is 0 Å². The lowest BCUT2D eigenvalue weighted by molar-refractivity contribution is 1.67. The van der Waals surface area contributed by atoms with Crippen molar-refractivity contribution >= 4 is 18.2 Å². The third-order valence-corrected chi connectivity index (χ3v) is 3.61. The topological polar surface area (TPSA) is 0 Å². The SMILES string of the molecule is C=CC=C.C=CC=C.C=CC=C.C=Cc1ccccc1.C=Cc1ccccc1.C=Cc1ccccc1. The van der Waals surface area contributed by atoms with Gasteiger partial charge in [0.2, 0.25) is 0 Å². The minimum Gasteiger partial charge on any atom is -0.0991 e. The van der Waals surface area contributed by atoms with Crippen molar-refractivity contribution in [3.8, 4) is 0 Å². The molecule has 0 atom stereocenters. The minimum absolute atomic E-state index is 1.17. The fourth-order valence-electron chi connectivity index (χ4n) is 1.77. The molecule has 0 aliphatic rings. The molecule has 0 nitrogen and oxygen atoms in total. The highest BCUT2D eigenvalue weighted by atomic mass is 13.8. The molecule has 0 spiro atoms. The van der Waals surface area contributed by atoms with Gasteiger partial charge in [0.15, 0.2) is 0 Å². The second-order valence-electron chi connectivity index (χ2n) is 6.26. The summed E-state index contributed by atoms with van der Waals surface area (Å²) in [6, 6.07) is 30.1. The van der Waals surface area contributed by atoms with Crippen molar-refractivity contribution in [3.63, 3.8) is 0 Å². The molecule has 0 saturated carbocycles. The largest absolute Gasteiger partial charge is 0.0991 e. The van der Waals surface area contributed by atoms with Crippen LogP contribution in [0.3, 0.4) is 0 Å². The highest BCUT2D eigenvalue weighted by Crippen LogP contribution is 1.98. The summed E-state index contributed by atoms with van der Waals surface area (Å²) in [6.07, 6.45) is 15.3. The molecule has 36 heavy (non-hydrogen) atoms. The van der Waals surface area contributed by atoms with E-state index in [0.29, 0.717) is 0 Å². The van der Waals surface area contributed by atoms with E-state index >= 15 is 0 Å². The normalized spacial score (nSPS) is 7.33. The third-order valence-electron chi connectivity index (χ3n) is 3.61. The molecule has 186 valence electrons. The van der Waals surface area contributed by atoms with Crippen LogP contribution in [0.4, 0.5) is 0 Å². The first-order chi connectivity index (χ1) is 17.5. The summed E-state index contributed by atoms with van der Waals surface area (Å²) in [4.78, 5) is 0. The molecular weight excluding hydrogens is 432 g/mol. The van der Waals surface area contributed by atoms with Crippen LogP contribution in [0, 0.1) is 0 Å². The van der Waals surface area contributed by atoms with E-state index in [-0.39, 0.29) is 0 Å². The van der Waals surface area contributed by atoms with Crippen LogP contribution in [0.5, 0.6) is 0 Å². The number of benzene rings is 3. The summed E-state index contributed by atoms with van der Waals surface area (Å²) in [5, 5.41) is 0. The van der Waals surface area contributed by atoms with E-state index in [2.05, 4.69) is 59.2 Å². The first kappa shape index (κ1) is 35.9. The van der Waals surface area contributed by atoms with Gasteiger partial charge in [-0.25, -0.2) is 0 Å². The summed E-state index contributed by atoms with van der Waals surface area (Å²) in [5.41, 5.74) is 3.52. The molecule has 0 heterocycles. The Bertz CT molecular complexity index is 808. The monoisotopic (exact) mass is 474 g/mol. The molecule has 0 heteroatoms. The van der Waals surface area contributed by atoms with Crippen LogP contribution in [0.15, 0.2) is 187 Å². The van der Waals surface area contributed by atoms with E-state index in [9.17, 15) is 0 Å². The molecule has 3 aromatic rings. The highest BCUT2D eigenvalue weighted by molar-refractivity contribution is 5.46. The summed E-state index contributed by atoms with van der Waals surface area (Å²) in [5.74, 6) is 0. The zero-order valence-electron chi connectivity index (χ0n) is 21.7. The van der Waals surface area contributed by atoms with Crippen LogP contribution in [-0.4, -0.2) is 0 Å². The van der Waals surface area contributed by atoms with Crippen molar-refractivity contribution in [3.05, 3.63) is 203 Å². The van der Waals surface area contributed by atoms with E-state index in [1.807, 2.05) is 109 Å². The molecule has 3 rings (SSSR count). The van der Waals surface area contributed by atoms with E-state index in [1.165, 1.54) is 16.7 Å². The van der Waals surface area contributed by atoms with Crippen molar-refractivity contribution < 1.29 is 0 Å². The number of allylic oxidation sites excluding steroid dienone is 6. The quantitative estimate of drug-likeness (QED) is 0.312. The van der Waals surface area contributed by atoms with Gasteiger partial charge in [-0.1, -0.05) is 205 Å². The second kappa shape index (κ2) is 32.5. The zero-order chi connectivity index (χ0) is 27.7. The first-order valence-corrected chi connectivity index (χ1v) is 11.3. The molecule has 0 saturated heterocycles. The van der Waals surface area contributed by atoms with E-state index in [1.54, 1.807) is 36.5 Å². The Kier molecular flexibility index (Phi) is 32.4. The van der Waals surface area contributed by atoms with Crippen molar-refractivity contribution in [2.75, 3.05) is 0 Å². The molecule has 0 aromatic heterocycles. The average molecular weight is 475 g/mol. The average Bonchev–Trinajstić information content (AvgIpc) is 2.99. The summed E-state index contributed by atoms with van der Waals surface area (Å²) >= 11 is 0. The van der Waals surface area contributed by atoms with Crippen LogP contribution >= 0.6 is 0 Å². The molecule has 0 fully saturated rings. The molecule has 0 radical (unpaired) electrons. The van der Waals surface area contributed by atoms with Gasteiger partial charge in [-0.3, -0.25) is 0 Å². The van der Waals surface area contributed by atoms with Crippen LogP contribution in [0.25, 0.3) is 18.2 Å². The van der Waals surface area contributed by atoms with Crippen LogP contribution in [0.1, 0.15) is 16.7 Å². The Morgan fingerprint density at radius 3 is 0.528 bits per heavy atom. The van der Waals surface area contributed by atoms with Crippen molar-refractivity contribution in [1.82, 2.24) is 0 Å². The highest BCUT2D eigenvalue weighted by Gasteiger charge is 1.77. The van der Waals surface area contributed by atoms with Crippen LogP contribution in [0.2, 0.25) is 0 Å². The number of hydrogen-bond donors (Lipinski definition) is 0. The maximum absolute atomic E-state index is 3.63. The van der Waals surface area contributed by atoms with Crippen molar-refractivity contribution in [1.29, 1.82) is 0 Å². The maximum atomic E-state index is 3.63. The lowest BCUT2D eigenvalue weighted by atomic mass is 10.2. The van der Waals surface area contributed by atoms with Gasteiger partial charge in [-0.2, -0.15) is 0 Å². The Morgan fingerprint density at radius 2 is 0.444 bits per heavy atom. The van der Waals surface area contributed by atoms with E-state index in [4.69, 9.17) is 0 Å². The predicted octanol–water partition coefficient (Wildman–Crippen LogP) is 11.1. The molecule has 0 unspecified atom stereocenters. The summed E-state index contributed by atoms with van der Waals surface area (Å²) in [6.45, 7) is 31.1. The number of rotatable bonds is 6. The van der Waals surface area contributed by atoms with Gasteiger partial charge < -0.3 is 0 Å². The predicted molar refractivity (Wildman–Crippen MR) is 171 cm³/mol. The smallest absolute Gasteiger partial charge is 0.0263 e. The molecule has 0 bridgehead atoms. The Morgan fingerprint density at radius 1 is 0.278 bits per heavy atom. The summed E-state index contributed by atoms with van der Waals surface area (Å²) < 4.78 is 0. The van der Waals surface area contributed by atoms with Gasteiger partial charge in [0.25, 0.3) is 0 Å². The Labute approximate surface area is 221 Å². The molecular formula is C36H42. The van der Waals surface area contributed by atoms with Crippen LogP contribution < -0.4 is 0 Å². The molecule has 0 N–H and O–H groups in total. The Balaban J connectivity index is -0.000000376. The van der Waals surface area contributed by atoms with Crippen molar-refractivity contribution in [2.45, 2.75) is 0 Å². The van der Waals surface area contributed by atoms with Gasteiger partial charge in [-0.05, 0) is 16.7 Å². The van der Waals surface area contributed by atoms with Gasteiger partial charge in [0.05, 0.1) is 0 Å². The lowest BCUT2D eigenvalue weighted by Crippen LogP contribution is -1.63. The molecule has 0 amide bonds. The third kappa shape index (κ3) is 29.3. The zero-order valence-corrected chi connectivity index (χ0v) is 21.7. The van der Waals surface area contributed by atoms with E-state index < -0.39 is 0 Å². The maximum Gasteiger partial charge on any atom is -0.0263 e. The van der Waals surface area contributed by atoms with Gasteiger partial charge in [0, 0.05) is 0 Å². The van der Waals surface area contributed by atoms with Crippen molar-refractivity contribution in [2.24, 2.45) is 0 Å². The molecule has 0 aliphatic carbocycles. The standard InChI is InChI=1S/3C8H8.3C4H6/c3*1-2-8-6-4-3-5-7-8;3*1-3-4-2/h3*2-7H,1H2;3*3-4H,1-2H2. The van der Waals surface area contributed by atoms with Gasteiger partial charge in [-0.15, -0.1) is 0 Å². The second-order valence-corrected chi connectivity index (χ2v) is 6.26. The minimum atomic E-state index is 1.17. The van der Waals surface area contributed by atoms with Crippen LogP contribution in [-0.2, 0) is 0 Å². The fraction of sp³-hybridized carbons (Fsp3) is 0. The summed E-state index contributed by atoms with van der Waals surface area (Å²) in [7, 11) is 0. The number of hydrogen-bond acceptors (Lipinski definition) is 0. The molecule has 0 aliphatic heterocycles. The molecule has 3 aromatic carbocycles. The lowest BCUT2D eigenvalue weighted by Gasteiger charge is -1.85. The fourth-order valence-corrected chi connectivity index (χ4v) is 1.77. The first-order valence-electron chi connectivity index (χ1n) is 11.3. The van der Waals surface area contributed by atoms with E-state index in [0.717, 1.165) is 0 Å². The Hall–Kier alpha value is -4.68.